The Bertz CT molecular complexity index is 445. The van der Waals surface area contributed by atoms with Crippen molar-refractivity contribution < 1.29 is 18.7 Å². The van der Waals surface area contributed by atoms with Gasteiger partial charge in [0.2, 0.25) is 5.76 Å². The first-order chi connectivity index (χ1) is 8.20. The van der Waals surface area contributed by atoms with Crippen molar-refractivity contribution in [1.29, 1.82) is 0 Å². The minimum atomic E-state index is -0.749. The van der Waals surface area contributed by atoms with Gasteiger partial charge in [-0.05, 0) is 34.6 Å². The van der Waals surface area contributed by atoms with Crippen LogP contribution in [0.4, 0.5) is 0 Å². The molecular formula is C12H18N2O4. The summed E-state index contributed by atoms with van der Waals surface area (Å²) in [4.78, 5) is 27.2. The van der Waals surface area contributed by atoms with Crippen molar-refractivity contribution in [2.24, 2.45) is 0 Å². The molecule has 6 nitrogen and oxygen atoms in total. The molecule has 1 rings (SSSR count). The number of carbonyl (C=O) groups excluding carboxylic acids is 2. The highest BCUT2D eigenvalue weighted by atomic mass is 16.6. The second kappa shape index (κ2) is 5.20. The zero-order chi connectivity index (χ0) is 13.9. The molecule has 0 fully saturated rings. The van der Waals surface area contributed by atoms with E-state index in [1.807, 2.05) is 0 Å². The van der Waals surface area contributed by atoms with Crippen LogP contribution in [-0.2, 0) is 9.53 Å². The van der Waals surface area contributed by atoms with Crippen LogP contribution in [-0.4, -0.2) is 28.5 Å². The molecule has 1 aromatic heterocycles. The number of nitrogens with zero attached hydrogens (tertiary/aromatic N) is 1. The molecule has 0 spiro atoms. The summed E-state index contributed by atoms with van der Waals surface area (Å²) in [7, 11) is 0. The molecule has 0 saturated heterocycles. The molecule has 0 saturated carbocycles. The molecule has 18 heavy (non-hydrogen) atoms. The number of ether oxygens (including phenoxy) is 1. The van der Waals surface area contributed by atoms with Gasteiger partial charge < -0.3 is 14.5 Å². The van der Waals surface area contributed by atoms with E-state index in [-0.39, 0.29) is 5.76 Å². The average molecular weight is 254 g/mol. The maximum Gasteiger partial charge on any atom is 0.328 e. The second-order valence-corrected chi connectivity index (χ2v) is 5.00. The van der Waals surface area contributed by atoms with E-state index in [9.17, 15) is 9.59 Å². The van der Waals surface area contributed by atoms with Gasteiger partial charge in [0, 0.05) is 0 Å². The Morgan fingerprint density at radius 2 is 2.06 bits per heavy atom. The van der Waals surface area contributed by atoms with Gasteiger partial charge in [-0.15, -0.1) is 0 Å². The van der Waals surface area contributed by atoms with E-state index in [1.54, 1.807) is 34.6 Å². The van der Waals surface area contributed by atoms with Crippen LogP contribution < -0.4 is 5.32 Å². The number of hydrogen-bond donors (Lipinski definition) is 1. The zero-order valence-corrected chi connectivity index (χ0v) is 11.2. The number of nitrogens with one attached hydrogen (secondary N) is 1. The third kappa shape index (κ3) is 3.87. The number of hydrogen-bond acceptors (Lipinski definition) is 5. The fourth-order valence-corrected chi connectivity index (χ4v) is 1.23. The summed E-state index contributed by atoms with van der Waals surface area (Å²) in [6, 6.07) is -0.749. The van der Waals surface area contributed by atoms with Crippen LogP contribution in [0.1, 0.15) is 43.9 Å². The normalized spacial score (nSPS) is 12.9. The molecule has 0 aliphatic heterocycles. The predicted molar refractivity (Wildman–Crippen MR) is 64.0 cm³/mol. The minimum Gasteiger partial charge on any atom is -0.458 e. The van der Waals surface area contributed by atoms with E-state index in [2.05, 4.69) is 10.3 Å². The topological polar surface area (TPSA) is 81.4 Å². The van der Waals surface area contributed by atoms with E-state index >= 15 is 0 Å². The van der Waals surface area contributed by atoms with E-state index in [4.69, 9.17) is 9.15 Å². The maximum absolute atomic E-state index is 11.8. The lowest BCUT2D eigenvalue weighted by atomic mass is 10.2. The van der Waals surface area contributed by atoms with Crippen LogP contribution in [0.5, 0.6) is 0 Å². The molecule has 0 radical (unpaired) electrons. The summed E-state index contributed by atoms with van der Waals surface area (Å²) >= 11 is 0. The highest BCUT2D eigenvalue weighted by Crippen LogP contribution is 2.09. The van der Waals surface area contributed by atoms with Gasteiger partial charge in [0.1, 0.15) is 11.6 Å². The van der Waals surface area contributed by atoms with Crippen molar-refractivity contribution >= 4 is 11.9 Å². The Hall–Kier alpha value is -1.85. The van der Waals surface area contributed by atoms with E-state index in [0.29, 0.717) is 5.69 Å². The van der Waals surface area contributed by atoms with Crippen molar-refractivity contribution in [2.75, 3.05) is 0 Å². The quantitative estimate of drug-likeness (QED) is 0.825. The van der Waals surface area contributed by atoms with Gasteiger partial charge in [0.25, 0.3) is 5.91 Å². The largest absolute Gasteiger partial charge is 0.458 e. The molecule has 100 valence electrons. The Kier molecular flexibility index (Phi) is 4.11. The van der Waals surface area contributed by atoms with Crippen molar-refractivity contribution in [2.45, 2.75) is 46.3 Å². The van der Waals surface area contributed by atoms with Gasteiger partial charge in [0.15, 0.2) is 6.39 Å². The number of amides is 1. The average Bonchev–Trinajstić information content (AvgIpc) is 2.61. The lowest BCUT2D eigenvalue weighted by Gasteiger charge is -2.22. The summed E-state index contributed by atoms with van der Waals surface area (Å²) in [6.45, 7) is 8.49. The first kappa shape index (κ1) is 14.2. The molecule has 0 aliphatic rings. The molecule has 1 heterocycles. The van der Waals surface area contributed by atoms with Crippen molar-refractivity contribution in [3.63, 3.8) is 0 Å². The summed E-state index contributed by atoms with van der Waals surface area (Å²) in [5.41, 5.74) is -0.109. The molecule has 0 bridgehead atoms. The molecule has 0 aliphatic carbocycles. The molecule has 1 aromatic rings. The lowest BCUT2D eigenvalue weighted by Crippen LogP contribution is -2.42. The van der Waals surface area contributed by atoms with Gasteiger partial charge in [-0.2, -0.15) is 0 Å². The number of oxazole rings is 1. The smallest absolute Gasteiger partial charge is 0.328 e. The van der Waals surface area contributed by atoms with E-state index < -0.39 is 23.5 Å². The molecule has 0 unspecified atom stereocenters. The number of aryl methyl sites for hydroxylation is 1. The summed E-state index contributed by atoms with van der Waals surface area (Å²) in [5.74, 6) is -0.873. The second-order valence-electron chi connectivity index (χ2n) is 5.00. The van der Waals surface area contributed by atoms with Crippen LogP contribution in [0.25, 0.3) is 0 Å². The van der Waals surface area contributed by atoms with Crippen LogP contribution in [0.2, 0.25) is 0 Å². The maximum atomic E-state index is 11.8. The van der Waals surface area contributed by atoms with Crippen molar-refractivity contribution in [3.05, 3.63) is 17.8 Å². The Morgan fingerprint density at radius 1 is 1.44 bits per heavy atom. The first-order valence-corrected chi connectivity index (χ1v) is 5.64. The van der Waals surface area contributed by atoms with Crippen molar-refractivity contribution in [1.82, 2.24) is 10.3 Å². The van der Waals surface area contributed by atoms with Gasteiger partial charge in [-0.3, -0.25) is 4.79 Å². The third-order valence-electron chi connectivity index (χ3n) is 2.06. The highest BCUT2D eigenvalue weighted by molar-refractivity contribution is 5.95. The number of esters is 1. The molecule has 6 heteroatoms. The summed E-state index contributed by atoms with van der Waals surface area (Å²) < 4.78 is 10.1. The Balaban J connectivity index is 2.60. The van der Waals surface area contributed by atoms with Crippen LogP contribution in [0.3, 0.4) is 0 Å². The Labute approximate surface area is 106 Å². The van der Waals surface area contributed by atoms with E-state index in [0.717, 1.165) is 0 Å². The van der Waals surface area contributed by atoms with Gasteiger partial charge in [0.05, 0.1) is 5.69 Å². The van der Waals surface area contributed by atoms with Crippen LogP contribution >= 0.6 is 0 Å². The minimum absolute atomic E-state index is 0.102. The molecule has 1 amide bonds. The fourth-order valence-electron chi connectivity index (χ4n) is 1.23. The summed E-state index contributed by atoms with van der Waals surface area (Å²) in [6.07, 6.45) is 1.18. The molecule has 1 atom stereocenters. The molecule has 0 aromatic carbocycles. The zero-order valence-electron chi connectivity index (χ0n) is 11.2. The standard InChI is InChI=1S/C12H18N2O4/c1-7-9(17-6-13-7)10(15)14-8(2)11(16)18-12(3,4)5/h6,8H,1-5H3,(H,14,15)/t8-/m1/s1. The van der Waals surface area contributed by atoms with Crippen LogP contribution in [0.15, 0.2) is 10.8 Å². The van der Waals surface area contributed by atoms with Crippen LogP contribution in [0, 0.1) is 6.92 Å². The highest BCUT2D eigenvalue weighted by Gasteiger charge is 2.24. The van der Waals surface area contributed by atoms with Gasteiger partial charge >= 0.3 is 5.97 Å². The first-order valence-electron chi connectivity index (χ1n) is 5.64. The molecular weight excluding hydrogens is 236 g/mol. The third-order valence-corrected chi connectivity index (χ3v) is 2.06. The number of aromatic nitrogens is 1. The monoisotopic (exact) mass is 254 g/mol. The Morgan fingerprint density at radius 3 is 2.50 bits per heavy atom. The fraction of sp³-hybridized carbons (Fsp3) is 0.583. The van der Waals surface area contributed by atoms with E-state index in [1.165, 1.54) is 6.39 Å². The lowest BCUT2D eigenvalue weighted by molar-refractivity contribution is -0.156. The van der Waals surface area contributed by atoms with Crippen molar-refractivity contribution in [3.8, 4) is 0 Å². The number of carbonyl (C=O) groups is 2. The number of rotatable bonds is 3. The van der Waals surface area contributed by atoms with Gasteiger partial charge in [-0.25, -0.2) is 9.78 Å². The SMILES string of the molecule is Cc1ncoc1C(=O)N[C@H](C)C(=O)OC(C)(C)C. The summed E-state index contributed by atoms with van der Waals surface area (Å²) in [5, 5.41) is 2.50. The predicted octanol–water partition coefficient (Wildman–Crippen LogP) is 1.44. The van der Waals surface area contributed by atoms with Gasteiger partial charge in [-0.1, -0.05) is 0 Å². The molecule has 1 N–H and O–H groups in total.